The number of carbonyl (C=O) groups is 1. The largest absolute Gasteiger partial charge is 0.496 e. The summed E-state index contributed by atoms with van der Waals surface area (Å²) in [5.74, 6) is 0.857. The predicted octanol–water partition coefficient (Wildman–Crippen LogP) is 4.47. The first-order valence-electron chi connectivity index (χ1n) is 9.94. The number of carbonyl (C=O) groups excluding carboxylic acids is 1. The lowest BCUT2D eigenvalue weighted by atomic mass is 10.1. The molecule has 0 radical (unpaired) electrons. The predicted molar refractivity (Wildman–Crippen MR) is 122 cm³/mol. The average Bonchev–Trinajstić information content (AvgIpc) is 2.79. The Hall–Kier alpha value is -3.54. The molecule has 0 saturated heterocycles. The van der Waals surface area contributed by atoms with Crippen molar-refractivity contribution >= 4 is 28.6 Å². The minimum absolute atomic E-state index is 0.340. The minimum Gasteiger partial charge on any atom is -0.496 e. The lowest BCUT2D eigenvalue weighted by Crippen LogP contribution is -2.21. The van der Waals surface area contributed by atoms with Crippen LogP contribution in [-0.2, 0) is 0 Å². The molecule has 156 valence electrons. The summed E-state index contributed by atoms with van der Waals surface area (Å²) in [6.45, 7) is 6.05. The number of ether oxygens (including phenoxy) is 2. The van der Waals surface area contributed by atoms with E-state index < -0.39 is 0 Å². The van der Waals surface area contributed by atoms with Gasteiger partial charge in [-0.05, 0) is 48.9 Å². The SMILES string of the molecule is CCN(CC)c1ccc(/C=N\NC(=O)c2cc3ccccc3cc2OC)c(OC)c1. The number of rotatable bonds is 8. The van der Waals surface area contributed by atoms with E-state index >= 15 is 0 Å². The van der Waals surface area contributed by atoms with E-state index in [2.05, 4.69) is 29.3 Å². The number of hydrogen-bond acceptors (Lipinski definition) is 5. The van der Waals surface area contributed by atoms with Crippen LogP contribution in [0.3, 0.4) is 0 Å². The summed E-state index contributed by atoms with van der Waals surface area (Å²) in [5.41, 5.74) is 4.87. The second kappa shape index (κ2) is 9.78. The van der Waals surface area contributed by atoms with Gasteiger partial charge >= 0.3 is 0 Å². The molecule has 0 bridgehead atoms. The van der Waals surface area contributed by atoms with Gasteiger partial charge in [0.05, 0.1) is 26.0 Å². The summed E-state index contributed by atoms with van der Waals surface area (Å²) >= 11 is 0. The van der Waals surface area contributed by atoms with Crippen LogP contribution in [0.25, 0.3) is 10.8 Å². The molecule has 0 aliphatic rings. The summed E-state index contributed by atoms with van der Waals surface area (Å²) in [5, 5.41) is 6.09. The van der Waals surface area contributed by atoms with Crippen molar-refractivity contribution in [3.63, 3.8) is 0 Å². The fourth-order valence-corrected chi connectivity index (χ4v) is 3.38. The molecule has 0 atom stereocenters. The first-order chi connectivity index (χ1) is 14.6. The van der Waals surface area contributed by atoms with E-state index in [1.165, 1.54) is 0 Å². The monoisotopic (exact) mass is 405 g/mol. The van der Waals surface area contributed by atoms with Crippen molar-refractivity contribution in [1.82, 2.24) is 5.43 Å². The molecule has 0 spiro atoms. The molecule has 0 fully saturated rings. The van der Waals surface area contributed by atoms with E-state index in [9.17, 15) is 4.79 Å². The van der Waals surface area contributed by atoms with Gasteiger partial charge in [-0.1, -0.05) is 24.3 Å². The molecule has 3 aromatic carbocycles. The number of nitrogens with one attached hydrogen (secondary N) is 1. The second-order valence-corrected chi connectivity index (χ2v) is 6.70. The van der Waals surface area contributed by atoms with Gasteiger partial charge in [0.15, 0.2) is 0 Å². The highest BCUT2D eigenvalue weighted by Gasteiger charge is 2.13. The maximum atomic E-state index is 12.7. The van der Waals surface area contributed by atoms with E-state index in [-0.39, 0.29) is 5.91 Å². The number of fused-ring (bicyclic) bond motifs is 1. The Labute approximate surface area is 177 Å². The van der Waals surface area contributed by atoms with Crippen molar-refractivity contribution in [2.45, 2.75) is 13.8 Å². The van der Waals surface area contributed by atoms with Gasteiger partial charge in [0.25, 0.3) is 5.91 Å². The second-order valence-electron chi connectivity index (χ2n) is 6.70. The molecule has 3 aromatic rings. The summed E-state index contributed by atoms with van der Waals surface area (Å²) in [4.78, 5) is 14.9. The van der Waals surface area contributed by atoms with Gasteiger partial charge in [0.1, 0.15) is 11.5 Å². The van der Waals surface area contributed by atoms with Crippen molar-refractivity contribution in [3.8, 4) is 11.5 Å². The maximum absolute atomic E-state index is 12.7. The Morgan fingerprint density at radius 3 is 2.27 bits per heavy atom. The maximum Gasteiger partial charge on any atom is 0.275 e. The number of methoxy groups -OCH3 is 2. The highest BCUT2D eigenvalue weighted by atomic mass is 16.5. The molecule has 30 heavy (non-hydrogen) atoms. The van der Waals surface area contributed by atoms with Gasteiger partial charge in [-0.3, -0.25) is 4.79 Å². The molecule has 0 aliphatic heterocycles. The third-order valence-corrected chi connectivity index (χ3v) is 5.03. The van der Waals surface area contributed by atoms with E-state index in [1.807, 2.05) is 48.5 Å². The van der Waals surface area contributed by atoms with Crippen LogP contribution < -0.4 is 19.8 Å². The van der Waals surface area contributed by atoms with Gasteiger partial charge in [-0.25, -0.2) is 5.43 Å². The summed E-state index contributed by atoms with van der Waals surface area (Å²) in [7, 11) is 3.17. The van der Waals surface area contributed by atoms with Crippen LogP contribution in [0.5, 0.6) is 11.5 Å². The summed E-state index contributed by atoms with van der Waals surface area (Å²) in [6, 6.07) is 17.4. The molecule has 0 unspecified atom stereocenters. The first kappa shape index (κ1) is 21.2. The van der Waals surface area contributed by atoms with E-state index in [1.54, 1.807) is 26.5 Å². The fraction of sp³-hybridized carbons (Fsp3) is 0.250. The first-order valence-corrected chi connectivity index (χ1v) is 9.94. The molecule has 1 amide bonds. The molecule has 3 rings (SSSR count). The molecule has 0 heterocycles. The average molecular weight is 405 g/mol. The topological polar surface area (TPSA) is 63.2 Å². The van der Waals surface area contributed by atoms with Crippen LogP contribution >= 0.6 is 0 Å². The molecule has 0 saturated carbocycles. The smallest absolute Gasteiger partial charge is 0.275 e. The van der Waals surface area contributed by atoms with E-state index in [0.717, 1.165) is 35.1 Å². The quantitative estimate of drug-likeness (QED) is 0.444. The summed E-state index contributed by atoms with van der Waals surface area (Å²) < 4.78 is 10.9. The Bertz CT molecular complexity index is 1060. The molecule has 0 aromatic heterocycles. The third-order valence-electron chi connectivity index (χ3n) is 5.03. The molecule has 1 N–H and O–H groups in total. The van der Waals surface area contributed by atoms with Gasteiger partial charge in [0, 0.05) is 30.4 Å². The van der Waals surface area contributed by atoms with Crippen LogP contribution in [-0.4, -0.2) is 39.4 Å². The van der Waals surface area contributed by atoms with Crippen LogP contribution in [0, 0.1) is 0 Å². The van der Waals surface area contributed by atoms with Crippen LogP contribution in [0.1, 0.15) is 29.8 Å². The van der Waals surface area contributed by atoms with Crippen molar-refractivity contribution in [3.05, 3.63) is 65.7 Å². The highest BCUT2D eigenvalue weighted by molar-refractivity contribution is 6.02. The molecule has 0 aliphatic carbocycles. The highest BCUT2D eigenvalue weighted by Crippen LogP contribution is 2.26. The van der Waals surface area contributed by atoms with Crippen LogP contribution in [0.2, 0.25) is 0 Å². The zero-order valence-corrected chi connectivity index (χ0v) is 17.8. The standard InChI is InChI=1S/C24H27N3O3/c1-5-27(6-2)20-12-11-19(22(15-20)29-3)16-25-26-24(28)21-13-17-9-7-8-10-18(17)14-23(21)30-4/h7-16H,5-6H2,1-4H3,(H,26,28)/b25-16-. The Kier molecular flexibility index (Phi) is 6.91. The lowest BCUT2D eigenvalue weighted by Gasteiger charge is -2.21. The van der Waals surface area contributed by atoms with Gasteiger partial charge in [0.2, 0.25) is 0 Å². The zero-order chi connectivity index (χ0) is 21.5. The van der Waals surface area contributed by atoms with E-state index in [0.29, 0.717) is 17.1 Å². The van der Waals surface area contributed by atoms with Gasteiger partial charge in [-0.15, -0.1) is 0 Å². The van der Waals surface area contributed by atoms with Crippen LogP contribution in [0.15, 0.2) is 59.7 Å². The molecule has 6 heteroatoms. The zero-order valence-electron chi connectivity index (χ0n) is 17.8. The number of hydrazone groups is 1. The molecular weight excluding hydrogens is 378 g/mol. The normalized spacial score (nSPS) is 10.9. The van der Waals surface area contributed by atoms with Crippen molar-refractivity contribution in [2.75, 3.05) is 32.2 Å². The van der Waals surface area contributed by atoms with Gasteiger partial charge < -0.3 is 14.4 Å². The Morgan fingerprint density at radius 1 is 0.967 bits per heavy atom. The van der Waals surface area contributed by atoms with Crippen LogP contribution in [0.4, 0.5) is 5.69 Å². The number of amides is 1. The minimum atomic E-state index is -0.340. The fourth-order valence-electron chi connectivity index (χ4n) is 3.38. The van der Waals surface area contributed by atoms with Crippen molar-refractivity contribution < 1.29 is 14.3 Å². The number of hydrogen-bond donors (Lipinski definition) is 1. The van der Waals surface area contributed by atoms with Gasteiger partial charge in [-0.2, -0.15) is 5.10 Å². The Morgan fingerprint density at radius 2 is 1.63 bits per heavy atom. The lowest BCUT2D eigenvalue weighted by molar-refractivity contribution is 0.0952. The van der Waals surface area contributed by atoms with Crippen molar-refractivity contribution in [1.29, 1.82) is 0 Å². The summed E-state index contributed by atoms with van der Waals surface area (Å²) in [6.07, 6.45) is 1.58. The van der Waals surface area contributed by atoms with E-state index in [4.69, 9.17) is 9.47 Å². The number of anilines is 1. The Balaban J connectivity index is 1.80. The van der Waals surface area contributed by atoms with Crippen molar-refractivity contribution in [2.24, 2.45) is 5.10 Å². The number of nitrogens with zero attached hydrogens (tertiary/aromatic N) is 2. The molecular formula is C24H27N3O3. The number of benzene rings is 3. The third kappa shape index (κ3) is 4.54. The molecule has 6 nitrogen and oxygen atoms in total.